The molecule has 1 saturated heterocycles. The zero-order valence-corrected chi connectivity index (χ0v) is 12.9. The van der Waals surface area contributed by atoms with Gasteiger partial charge < -0.3 is 9.88 Å². The van der Waals surface area contributed by atoms with Gasteiger partial charge >= 0.3 is 0 Å². The summed E-state index contributed by atoms with van der Waals surface area (Å²) in [6, 6.07) is 13.0. The van der Waals surface area contributed by atoms with Crippen molar-refractivity contribution >= 4 is 5.69 Å². The van der Waals surface area contributed by atoms with Gasteiger partial charge in [0, 0.05) is 30.7 Å². The van der Waals surface area contributed by atoms with E-state index in [1.807, 2.05) is 0 Å². The molecule has 2 aromatic rings. The fourth-order valence-corrected chi connectivity index (χ4v) is 3.12. The van der Waals surface area contributed by atoms with Crippen molar-refractivity contribution in [2.24, 2.45) is 0 Å². The third-order valence-electron chi connectivity index (χ3n) is 4.33. The molecule has 0 atom stereocenters. The summed E-state index contributed by atoms with van der Waals surface area (Å²) in [5.41, 5.74) is 4.02. The number of aromatic nitrogens is 1. The van der Waals surface area contributed by atoms with Crippen molar-refractivity contribution in [3.63, 3.8) is 0 Å². The van der Waals surface area contributed by atoms with Crippen molar-refractivity contribution in [1.82, 2.24) is 9.47 Å². The molecule has 1 aliphatic heterocycles. The van der Waals surface area contributed by atoms with Crippen molar-refractivity contribution in [2.45, 2.75) is 39.4 Å². The van der Waals surface area contributed by atoms with E-state index in [9.17, 15) is 0 Å². The van der Waals surface area contributed by atoms with Crippen LogP contribution >= 0.6 is 0 Å². The predicted molar refractivity (Wildman–Crippen MR) is 88.4 cm³/mol. The number of benzene rings is 1. The lowest BCUT2D eigenvalue weighted by Gasteiger charge is -2.18. The summed E-state index contributed by atoms with van der Waals surface area (Å²) in [5.74, 6) is 0. The standard InChI is InChI=1S/C18H25N3/c1-2-21-13-7-9-17(21)14-19-18-10-4-3-8-16(18)15-20-11-5-6-12-20/h3-4,7-10,13,19H,2,5-6,11-12,14-15H2,1H3. The maximum Gasteiger partial charge on any atom is 0.0553 e. The Kier molecular flexibility index (Phi) is 4.61. The molecule has 21 heavy (non-hydrogen) atoms. The summed E-state index contributed by atoms with van der Waals surface area (Å²) in [6.07, 6.45) is 4.84. The average Bonchev–Trinajstić information content (AvgIpc) is 3.17. The second kappa shape index (κ2) is 6.81. The molecule has 0 unspecified atom stereocenters. The Bertz CT molecular complexity index is 567. The highest BCUT2D eigenvalue weighted by Gasteiger charge is 2.13. The fraction of sp³-hybridized carbons (Fsp3) is 0.444. The number of nitrogens with zero attached hydrogens (tertiary/aromatic N) is 2. The first-order chi connectivity index (χ1) is 10.4. The van der Waals surface area contributed by atoms with Crippen molar-refractivity contribution in [2.75, 3.05) is 18.4 Å². The molecule has 0 bridgehead atoms. The molecule has 1 N–H and O–H groups in total. The molecular formula is C18H25N3. The Morgan fingerprint density at radius 3 is 2.67 bits per heavy atom. The molecule has 3 nitrogen and oxygen atoms in total. The lowest BCUT2D eigenvalue weighted by molar-refractivity contribution is 0.332. The van der Waals surface area contributed by atoms with Crippen molar-refractivity contribution in [3.05, 3.63) is 53.9 Å². The zero-order valence-electron chi connectivity index (χ0n) is 12.9. The first-order valence-corrected chi connectivity index (χ1v) is 8.05. The summed E-state index contributed by atoms with van der Waals surface area (Å²) >= 11 is 0. The van der Waals surface area contributed by atoms with E-state index in [0.29, 0.717) is 0 Å². The number of hydrogen-bond donors (Lipinski definition) is 1. The van der Waals surface area contributed by atoms with Crippen LogP contribution in [0.2, 0.25) is 0 Å². The smallest absolute Gasteiger partial charge is 0.0553 e. The number of anilines is 1. The van der Waals surface area contributed by atoms with E-state index in [1.54, 1.807) is 0 Å². The Labute approximate surface area is 127 Å². The Hall–Kier alpha value is -1.74. The number of nitrogens with one attached hydrogen (secondary N) is 1. The quantitative estimate of drug-likeness (QED) is 0.872. The van der Waals surface area contributed by atoms with E-state index in [1.165, 1.54) is 42.9 Å². The van der Waals surface area contributed by atoms with Gasteiger partial charge in [-0.2, -0.15) is 0 Å². The molecule has 0 spiro atoms. The highest BCUT2D eigenvalue weighted by atomic mass is 15.1. The zero-order chi connectivity index (χ0) is 14.5. The van der Waals surface area contributed by atoms with Crippen LogP contribution in [0.15, 0.2) is 42.6 Å². The van der Waals surface area contributed by atoms with Crippen LogP contribution in [0.3, 0.4) is 0 Å². The number of aryl methyl sites for hydroxylation is 1. The largest absolute Gasteiger partial charge is 0.379 e. The van der Waals surface area contributed by atoms with Gasteiger partial charge in [0.1, 0.15) is 0 Å². The van der Waals surface area contributed by atoms with Crippen molar-refractivity contribution in [3.8, 4) is 0 Å². The highest BCUT2D eigenvalue weighted by Crippen LogP contribution is 2.20. The van der Waals surface area contributed by atoms with Crippen LogP contribution in [-0.4, -0.2) is 22.6 Å². The van der Waals surface area contributed by atoms with Crippen LogP contribution in [0.25, 0.3) is 0 Å². The molecule has 3 heteroatoms. The molecule has 2 heterocycles. The minimum Gasteiger partial charge on any atom is -0.379 e. The normalized spacial score (nSPS) is 15.5. The summed E-state index contributed by atoms with van der Waals surface area (Å²) in [7, 11) is 0. The highest BCUT2D eigenvalue weighted by molar-refractivity contribution is 5.51. The molecule has 1 aromatic heterocycles. The summed E-state index contributed by atoms with van der Waals surface area (Å²) < 4.78 is 2.29. The molecule has 0 amide bonds. The summed E-state index contributed by atoms with van der Waals surface area (Å²) in [4.78, 5) is 2.55. The molecule has 3 rings (SSSR count). The summed E-state index contributed by atoms with van der Waals surface area (Å²) in [5, 5.41) is 3.62. The van der Waals surface area contributed by atoms with Gasteiger partial charge in [-0.15, -0.1) is 0 Å². The minimum atomic E-state index is 0.887. The van der Waals surface area contributed by atoms with Crippen molar-refractivity contribution in [1.29, 1.82) is 0 Å². The number of rotatable bonds is 6. The van der Waals surface area contributed by atoms with Crippen LogP contribution in [0.1, 0.15) is 31.0 Å². The second-order valence-electron chi connectivity index (χ2n) is 5.78. The third-order valence-corrected chi connectivity index (χ3v) is 4.33. The van der Waals surface area contributed by atoms with Crippen LogP contribution in [0.5, 0.6) is 0 Å². The average molecular weight is 283 g/mol. The number of para-hydroxylation sites is 1. The van der Waals surface area contributed by atoms with Crippen LogP contribution in [-0.2, 0) is 19.6 Å². The van der Waals surface area contributed by atoms with E-state index in [0.717, 1.165) is 19.6 Å². The number of likely N-dealkylation sites (tertiary alicyclic amines) is 1. The van der Waals surface area contributed by atoms with E-state index in [4.69, 9.17) is 0 Å². The van der Waals surface area contributed by atoms with Crippen LogP contribution in [0.4, 0.5) is 5.69 Å². The van der Waals surface area contributed by atoms with E-state index < -0.39 is 0 Å². The fourth-order valence-electron chi connectivity index (χ4n) is 3.12. The maximum atomic E-state index is 3.62. The first kappa shape index (κ1) is 14.2. The molecule has 1 aromatic carbocycles. The van der Waals surface area contributed by atoms with Gasteiger partial charge in [-0.1, -0.05) is 18.2 Å². The van der Waals surface area contributed by atoms with Gasteiger partial charge in [-0.25, -0.2) is 0 Å². The Morgan fingerprint density at radius 2 is 1.86 bits per heavy atom. The monoisotopic (exact) mass is 283 g/mol. The lowest BCUT2D eigenvalue weighted by atomic mass is 10.1. The van der Waals surface area contributed by atoms with Crippen LogP contribution < -0.4 is 5.32 Å². The molecule has 1 fully saturated rings. The third kappa shape index (κ3) is 3.48. The molecule has 112 valence electrons. The van der Waals surface area contributed by atoms with Gasteiger partial charge in [0.25, 0.3) is 0 Å². The Morgan fingerprint density at radius 1 is 1.05 bits per heavy atom. The predicted octanol–water partition coefficient (Wildman–Crippen LogP) is 3.72. The van der Waals surface area contributed by atoms with Gasteiger partial charge in [0.2, 0.25) is 0 Å². The topological polar surface area (TPSA) is 20.2 Å². The van der Waals surface area contributed by atoms with E-state index >= 15 is 0 Å². The molecule has 0 aliphatic carbocycles. The molecular weight excluding hydrogens is 258 g/mol. The minimum absolute atomic E-state index is 0.887. The Balaban J connectivity index is 1.67. The van der Waals surface area contributed by atoms with Gasteiger partial charge in [0.05, 0.1) is 6.54 Å². The maximum absolute atomic E-state index is 3.62. The molecule has 0 saturated carbocycles. The van der Waals surface area contributed by atoms with E-state index in [-0.39, 0.29) is 0 Å². The second-order valence-corrected chi connectivity index (χ2v) is 5.78. The first-order valence-electron chi connectivity index (χ1n) is 8.05. The van der Waals surface area contributed by atoms with Crippen LogP contribution in [0, 0.1) is 0 Å². The van der Waals surface area contributed by atoms with Gasteiger partial charge in [0.15, 0.2) is 0 Å². The molecule has 0 radical (unpaired) electrons. The van der Waals surface area contributed by atoms with Gasteiger partial charge in [-0.3, -0.25) is 4.90 Å². The SMILES string of the molecule is CCn1cccc1CNc1ccccc1CN1CCCC1. The van der Waals surface area contributed by atoms with Gasteiger partial charge in [-0.05, 0) is 56.6 Å². The lowest BCUT2D eigenvalue weighted by Crippen LogP contribution is -2.19. The molecule has 1 aliphatic rings. The van der Waals surface area contributed by atoms with Crippen molar-refractivity contribution < 1.29 is 0 Å². The van der Waals surface area contributed by atoms with E-state index in [2.05, 4.69) is 64.3 Å². The number of hydrogen-bond acceptors (Lipinski definition) is 2. The summed E-state index contributed by atoms with van der Waals surface area (Å²) in [6.45, 7) is 7.65.